The standard InChI is InChI=1S/C11H21NO4S/c1-8(2)17(15,16)12-10-5-3-9(4-6-10)7-11(13)14/h8-10,12H,3-7H2,1-2H3,(H,13,14). The normalized spacial score (nSPS) is 26.1. The Balaban J connectivity index is 2.40. The SMILES string of the molecule is CC(C)S(=O)(=O)NC1CCC(CC(=O)O)CC1. The van der Waals surface area contributed by atoms with Crippen molar-refractivity contribution in [1.29, 1.82) is 0 Å². The van der Waals surface area contributed by atoms with Gasteiger partial charge in [-0.1, -0.05) is 0 Å². The minimum Gasteiger partial charge on any atom is -0.481 e. The van der Waals surface area contributed by atoms with Crippen LogP contribution in [0.3, 0.4) is 0 Å². The highest BCUT2D eigenvalue weighted by Crippen LogP contribution is 2.27. The summed E-state index contributed by atoms with van der Waals surface area (Å²) < 4.78 is 26.0. The van der Waals surface area contributed by atoms with E-state index in [0.29, 0.717) is 0 Å². The maximum atomic E-state index is 11.7. The molecule has 0 radical (unpaired) electrons. The number of hydrogen-bond acceptors (Lipinski definition) is 3. The van der Waals surface area contributed by atoms with Crippen LogP contribution in [0.2, 0.25) is 0 Å². The van der Waals surface area contributed by atoms with E-state index in [2.05, 4.69) is 4.72 Å². The van der Waals surface area contributed by atoms with Crippen LogP contribution in [-0.2, 0) is 14.8 Å². The van der Waals surface area contributed by atoms with Crippen LogP contribution in [0.4, 0.5) is 0 Å². The van der Waals surface area contributed by atoms with Crippen molar-refractivity contribution in [3.05, 3.63) is 0 Å². The van der Waals surface area contributed by atoms with Crippen LogP contribution in [0.1, 0.15) is 46.0 Å². The number of carbonyl (C=O) groups is 1. The molecule has 1 fully saturated rings. The summed E-state index contributed by atoms with van der Waals surface area (Å²) >= 11 is 0. The lowest BCUT2D eigenvalue weighted by molar-refractivity contribution is -0.138. The van der Waals surface area contributed by atoms with Gasteiger partial charge in [0.1, 0.15) is 0 Å². The largest absolute Gasteiger partial charge is 0.481 e. The van der Waals surface area contributed by atoms with E-state index in [4.69, 9.17) is 5.11 Å². The number of aliphatic carboxylic acids is 1. The molecule has 0 spiro atoms. The molecule has 0 saturated heterocycles. The summed E-state index contributed by atoms with van der Waals surface area (Å²) in [5, 5.41) is 8.26. The summed E-state index contributed by atoms with van der Waals surface area (Å²) in [6.45, 7) is 3.30. The third-order valence-corrected chi connectivity index (χ3v) is 5.16. The maximum Gasteiger partial charge on any atom is 0.303 e. The van der Waals surface area contributed by atoms with E-state index in [1.807, 2.05) is 0 Å². The van der Waals surface area contributed by atoms with Crippen LogP contribution in [-0.4, -0.2) is 30.8 Å². The highest BCUT2D eigenvalue weighted by atomic mass is 32.2. The Morgan fingerprint density at radius 2 is 1.82 bits per heavy atom. The van der Waals surface area contributed by atoms with Crippen LogP contribution in [0.5, 0.6) is 0 Å². The van der Waals surface area contributed by atoms with Gasteiger partial charge >= 0.3 is 5.97 Å². The molecule has 5 nitrogen and oxygen atoms in total. The zero-order valence-corrected chi connectivity index (χ0v) is 11.2. The second-order valence-electron chi connectivity index (χ2n) is 5.03. The zero-order valence-electron chi connectivity index (χ0n) is 10.3. The first-order valence-electron chi connectivity index (χ1n) is 6.04. The van der Waals surface area contributed by atoms with Crippen molar-refractivity contribution in [3.63, 3.8) is 0 Å². The van der Waals surface area contributed by atoms with Crippen molar-refractivity contribution in [3.8, 4) is 0 Å². The smallest absolute Gasteiger partial charge is 0.303 e. The Bertz CT molecular complexity index is 356. The molecule has 0 heterocycles. The van der Waals surface area contributed by atoms with Gasteiger partial charge in [-0.15, -0.1) is 0 Å². The highest BCUT2D eigenvalue weighted by Gasteiger charge is 2.27. The number of carboxylic acid groups (broad SMARTS) is 1. The van der Waals surface area contributed by atoms with Gasteiger partial charge in [0.25, 0.3) is 0 Å². The molecular weight excluding hydrogens is 242 g/mol. The first-order valence-corrected chi connectivity index (χ1v) is 7.59. The van der Waals surface area contributed by atoms with Crippen LogP contribution in [0, 0.1) is 5.92 Å². The Morgan fingerprint density at radius 1 is 1.29 bits per heavy atom. The first-order chi connectivity index (χ1) is 7.81. The molecule has 1 aliphatic carbocycles. The molecule has 100 valence electrons. The molecule has 0 amide bonds. The molecule has 1 saturated carbocycles. The lowest BCUT2D eigenvalue weighted by atomic mass is 9.84. The topological polar surface area (TPSA) is 83.5 Å². The van der Waals surface area contributed by atoms with Crippen LogP contribution < -0.4 is 4.72 Å². The average molecular weight is 263 g/mol. The molecule has 1 aliphatic rings. The van der Waals surface area contributed by atoms with E-state index in [1.54, 1.807) is 13.8 Å². The van der Waals surface area contributed by atoms with E-state index in [-0.39, 0.29) is 18.4 Å². The minimum absolute atomic E-state index is 0.0209. The van der Waals surface area contributed by atoms with Gasteiger partial charge < -0.3 is 5.11 Å². The highest BCUT2D eigenvalue weighted by molar-refractivity contribution is 7.90. The summed E-state index contributed by atoms with van der Waals surface area (Å²) in [5.41, 5.74) is 0. The van der Waals surface area contributed by atoms with Gasteiger partial charge in [0.05, 0.1) is 5.25 Å². The Labute approximate surface area is 103 Å². The quantitative estimate of drug-likeness (QED) is 0.784. The fourth-order valence-electron chi connectivity index (χ4n) is 2.10. The average Bonchev–Trinajstić information content (AvgIpc) is 2.19. The monoisotopic (exact) mass is 263 g/mol. The van der Waals surface area contributed by atoms with Crippen molar-refractivity contribution >= 4 is 16.0 Å². The summed E-state index contributed by atoms with van der Waals surface area (Å²) in [6.07, 6.45) is 3.26. The van der Waals surface area contributed by atoms with E-state index in [1.165, 1.54) is 0 Å². The Morgan fingerprint density at radius 3 is 2.24 bits per heavy atom. The fraction of sp³-hybridized carbons (Fsp3) is 0.909. The van der Waals surface area contributed by atoms with Crippen molar-refractivity contribution in [2.75, 3.05) is 0 Å². The molecule has 0 unspecified atom stereocenters. The van der Waals surface area contributed by atoms with Gasteiger partial charge in [0, 0.05) is 12.5 Å². The van der Waals surface area contributed by atoms with E-state index < -0.39 is 21.2 Å². The molecule has 1 rings (SSSR count). The van der Waals surface area contributed by atoms with Crippen LogP contribution >= 0.6 is 0 Å². The molecular formula is C11H21NO4S. The van der Waals surface area contributed by atoms with Crippen molar-refractivity contribution < 1.29 is 18.3 Å². The maximum absolute atomic E-state index is 11.7. The summed E-state index contributed by atoms with van der Waals surface area (Å²) in [4.78, 5) is 10.6. The molecule has 0 atom stereocenters. The van der Waals surface area contributed by atoms with Crippen LogP contribution in [0.25, 0.3) is 0 Å². The fourth-order valence-corrected chi connectivity index (χ4v) is 3.07. The van der Waals surface area contributed by atoms with Crippen molar-refractivity contribution in [2.24, 2.45) is 5.92 Å². The third-order valence-electron chi connectivity index (χ3n) is 3.26. The molecule has 0 aromatic heterocycles. The number of nitrogens with one attached hydrogen (secondary N) is 1. The first kappa shape index (κ1) is 14.4. The molecule has 0 aromatic carbocycles. The van der Waals surface area contributed by atoms with E-state index in [0.717, 1.165) is 25.7 Å². The van der Waals surface area contributed by atoms with E-state index in [9.17, 15) is 13.2 Å². The Kier molecular flexibility index (Phi) is 4.94. The summed E-state index contributed by atoms with van der Waals surface area (Å²) in [7, 11) is -3.20. The van der Waals surface area contributed by atoms with Crippen molar-refractivity contribution in [1.82, 2.24) is 4.72 Å². The third kappa shape index (κ3) is 4.63. The molecule has 0 aliphatic heterocycles. The van der Waals surface area contributed by atoms with Gasteiger partial charge in [-0.3, -0.25) is 4.79 Å². The number of sulfonamides is 1. The van der Waals surface area contributed by atoms with Gasteiger partial charge in [-0.25, -0.2) is 13.1 Å². The lowest BCUT2D eigenvalue weighted by Crippen LogP contribution is -2.41. The second kappa shape index (κ2) is 5.82. The summed E-state index contributed by atoms with van der Waals surface area (Å²) in [6, 6.07) is -0.0209. The Hall–Kier alpha value is -0.620. The predicted molar refractivity (Wildman–Crippen MR) is 65.2 cm³/mol. The summed E-state index contributed by atoms with van der Waals surface area (Å²) in [5.74, 6) is -0.566. The van der Waals surface area contributed by atoms with Crippen LogP contribution in [0.15, 0.2) is 0 Å². The molecule has 17 heavy (non-hydrogen) atoms. The van der Waals surface area contributed by atoms with Crippen molar-refractivity contribution in [2.45, 2.75) is 57.2 Å². The molecule has 2 N–H and O–H groups in total. The van der Waals surface area contributed by atoms with Gasteiger partial charge in [-0.05, 0) is 45.4 Å². The van der Waals surface area contributed by atoms with Gasteiger partial charge in [0.2, 0.25) is 10.0 Å². The number of rotatable bonds is 5. The molecule has 6 heteroatoms. The van der Waals surface area contributed by atoms with Gasteiger partial charge in [-0.2, -0.15) is 0 Å². The predicted octanol–water partition coefficient (Wildman–Crippen LogP) is 1.35. The number of carboxylic acids is 1. The van der Waals surface area contributed by atoms with Gasteiger partial charge in [0.15, 0.2) is 0 Å². The minimum atomic E-state index is -3.20. The molecule has 0 bridgehead atoms. The van der Waals surface area contributed by atoms with E-state index >= 15 is 0 Å². The number of hydrogen-bond donors (Lipinski definition) is 2. The second-order valence-corrected chi connectivity index (χ2v) is 7.30. The zero-order chi connectivity index (χ0) is 13.1. The lowest BCUT2D eigenvalue weighted by Gasteiger charge is -2.28. The molecule has 0 aromatic rings.